The van der Waals surface area contributed by atoms with Crippen LogP contribution in [0.5, 0.6) is 0 Å². The number of nitrogens with two attached hydrogens (primary N) is 2. The second-order valence-corrected chi connectivity index (χ2v) is 6.41. The van der Waals surface area contributed by atoms with E-state index in [0.29, 0.717) is 5.69 Å². The first-order valence-corrected chi connectivity index (χ1v) is 8.49. The van der Waals surface area contributed by atoms with E-state index in [2.05, 4.69) is 20.6 Å². The standard InChI is InChI=1S/C19H21FN6O/c1-10(21)11(2)24-19-15(20)9-14(17(22)27)18(26-19)25-13-6-5-12-4-3-7-23-16(12)8-13/h3-11H,21H2,1-2H3,(H2,22,27)(H2,24,25,26). The number of amides is 1. The zero-order valence-corrected chi connectivity index (χ0v) is 15.0. The monoisotopic (exact) mass is 368 g/mol. The fraction of sp³-hybridized carbons (Fsp3) is 0.211. The number of pyridine rings is 2. The van der Waals surface area contributed by atoms with E-state index in [9.17, 15) is 9.18 Å². The highest BCUT2D eigenvalue weighted by atomic mass is 19.1. The molecule has 0 aliphatic rings. The van der Waals surface area contributed by atoms with Crippen LogP contribution in [0.1, 0.15) is 24.2 Å². The summed E-state index contributed by atoms with van der Waals surface area (Å²) in [6, 6.07) is 9.92. The van der Waals surface area contributed by atoms with Crippen molar-refractivity contribution in [2.24, 2.45) is 11.5 Å². The molecule has 3 aromatic rings. The van der Waals surface area contributed by atoms with Gasteiger partial charge in [0, 0.05) is 29.4 Å². The summed E-state index contributed by atoms with van der Waals surface area (Å²) in [5.41, 5.74) is 12.6. The number of hydrogen-bond acceptors (Lipinski definition) is 6. The fourth-order valence-electron chi connectivity index (χ4n) is 2.50. The van der Waals surface area contributed by atoms with Gasteiger partial charge in [-0.3, -0.25) is 9.78 Å². The number of nitrogens with one attached hydrogen (secondary N) is 2. The molecule has 0 fully saturated rings. The topological polar surface area (TPSA) is 119 Å². The van der Waals surface area contributed by atoms with Gasteiger partial charge in [-0.25, -0.2) is 9.37 Å². The van der Waals surface area contributed by atoms with E-state index >= 15 is 0 Å². The van der Waals surface area contributed by atoms with Gasteiger partial charge in [-0.15, -0.1) is 0 Å². The minimum Gasteiger partial charge on any atom is -0.365 e. The lowest BCUT2D eigenvalue weighted by Crippen LogP contribution is -2.35. The molecule has 2 aromatic heterocycles. The van der Waals surface area contributed by atoms with Crippen LogP contribution in [0.2, 0.25) is 0 Å². The Balaban J connectivity index is 1.99. The molecule has 0 spiro atoms. The highest BCUT2D eigenvalue weighted by Gasteiger charge is 2.18. The predicted octanol–water partition coefficient (Wildman–Crippen LogP) is 2.76. The summed E-state index contributed by atoms with van der Waals surface area (Å²) in [4.78, 5) is 20.3. The van der Waals surface area contributed by atoms with E-state index in [1.54, 1.807) is 13.1 Å². The van der Waals surface area contributed by atoms with Crippen molar-refractivity contribution in [3.05, 3.63) is 54.0 Å². The third kappa shape index (κ3) is 4.12. The lowest BCUT2D eigenvalue weighted by molar-refractivity contribution is 0.100. The first kappa shape index (κ1) is 18.5. The molecule has 7 nitrogen and oxygen atoms in total. The highest BCUT2D eigenvalue weighted by molar-refractivity contribution is 5.99. The van der Waals surface area contributed by atoms with Gasteiger partial charge in [0.2, 0.25) is 0 Å². The fourth-order valence-corrected chi connectivity index (χ4v) is 2.50. The molecular weight excluding hydrogens is 347 g/mol. The molecule has 140 valence electrons. The average molecular weight is 368 g/mol. The van der Waals surface area contributed by atoms with E-state index in [-0.39, 0.29) is 29.3 Å². The van der Waals surface area contributed by atoms with Crippen LogP contribution >= 0.6 is 0 Å². The Morgan fingerprint density at radius 1 is 1.19 bits per heavy atom. The second kappa shape index (κ2) is 7.55. The Morgan fingerprint density at radius 2 is 1.96 bits per heavy atom. The van der Waals surface area contributed by atoms with E-state index in [4.69, 9.17) is 11.5 Å². The van der Waals surface area contributed by atoms with Gasteiger partial charge >= 0.3 is 0 Å². The largest absolute Gasteiger partial charge is 0.365 e. The van der Waals surface area contributed by atoms with E-state index in [0.717, 1.165) is 17.0 Å². The number of halogens is 1. The van der Waals surface area contributed by atoms with Crippen molar-refractivity contribution in [3.8, 4) is 0 Å². The van der Waals surface area contributed by atoms with Crippen LogP contribution in [0.3, 0.4) is 0 Å². The lowest BCUT2D eigenvalue weighted by atomic mass is 10.1. The number of carbonyl (C=O) groups excluding carboxylic acids is 1. The molecule has 0 radical (unpaired) electrons. The Kier molecular flexibility index (Phi) is 5.18. The molecule has 0 aliphatic carbocycles. The van der Waals surface area contributed by atoms with Crippen molar-refractivity contribution in [3.63, 3.8) is 0 Å². The number of nitrogens with zero attached hydrogens (tertiary/aromatic N) is 2. The van der Waals surface area contributed by atoms with Gasteiger partial charge in [0.05, 0.1) is 11.1 Å². The number of hydrogen-bond donors (Lipinski definition) is 4. The number of carbonyl (C=O) groups is 1. The van der Waals surface area contributed by atoms with Gasteiger partial charge in [0.1, 0.15) is 5.82 Å². The third-order valence-electron chi connectivity index (χ3n) is 4.26. The summed E-state index contributed by atoms with van der Waals surface area (Å²) in [5.74, 6) is -1.32. The number of fused-ring (bicyclic) bond motifs is 1. The lowest BCUT2D eigenvalue weighted by Gasteiger charge is -2.20. The number of anilines is 3. The van der Waals surface area contributed by atoms with Crippen LogP contribution in [-0.2, 0) is 0 Å². The van der Waals surface area contributed by atoms with E-state index in [1.165, 1.54) is 0 Å². The van der Waals surface area contributed by atoms with Crippen LogP contribution in [0.4, 0.5) is 21.7 Å². The molecule has 0 bridgehead atoms. The van der Waals surface area contributed by atoms with Crippen LogP contribution in [-0.4, -0.2) is 28.0 Å². The maximum absolute atomic E-state index is 14.3. The highest BCUT2D eigenvalue weighted by Crippen LogP contribution is 2.26. The summed E-state index contributed by atoms with van der Waals surface area (Å²) < 4.78 is 14.3. The van der Waals surface area contributed by atoms with Gasteiger partial charge in [0.25, 0.3) is 5.91 Å². The van der Waals surface area contributed by atoms with Crippen LogP contribution in [0, 0.1) is 5.82 Å². The third-order valence-corrected chi connectivity index (χ3v) is 4.26. The quantitative estimate of drug-likeness (QED) is 0.531. The van der Waals surface area contributed by atoms with Crippen molar-refractivity contribution in [2.75, 3.05) is 10.6 Å². The molecule has 6 N–H and O–H groups in total. The van der Waals surface area contributed by atoms with Gasteiger partial charge in [-0.2, -0.15) is 0 Å². The summed E-state index contributed by atoms with van der Waals surface area (Å²) in [6.07, 6.45) is 1.69. The molecule has 27 heavy (non-hydrogen) atoms. The number of primary amides is 1. The minimum absolute atomic E-state index is 0.00814. The van der Waals surface area contributed by atoms with Crippen LogP contribution < -0.4 is 22.1 Å². The van der Waals surface area contributed by atoms with Crippen molar-refractivity contribution < 1.29 is 9.18 Å². The van der Waals surface area contributed by atoms with E-state index in [1.807, 2.05) is 37.3 Å². The molecule has 2 unspecified atom stereocenters. The molecule has 2 heterocycles. The molecule has 0 saturated carbocycles. The minimum atomic E-state index is -0.783. The summed E-state index contributed by atoms with van der Waals surface area (Å²) in [5, 5.41) is 6.91. The Morgan fingerprint density at radius 3 is 2.67 bits per heavy atom. The first-order valence-electron chi connectivity index (χ1n) is 8.49. The van der Waals surface area contributed by atoms with E-state index < -0.39 is 11.7 Å². The Hall–Kier alpha value is -3.26. The van der Waals surface area contributed by atoms with Crippen LogP contribution in [0.25, 0.3) is 10.9 Å². The second-order valence-electron chi connectivity index (χ2n) is 6.41. The Labute approximate surface area is 156 Å². The average Bonchev–Trinajstić information content (AvgIpc) is 2.63. The van der Waals surface area contributed by atoms with Crippen molar-refractivity contribution in [1.29, 1.82) is 0 Å². The maximum Gasteiger partial charge on any atom is 0.252 e. The van der Waals surface area contributed by atoms with Gasteiger partial charge in [-0.05, 0) is 38.1 Å². The first-order chi connectivity index (χ1) is 12.8. The molecule has 3 rings (SSSR count). The zero-order chi connectivity index (χ0) is 19.6. The predicted molar refractivity (Wildman–Crippen MR) is 104 cm³/mol. The molecule has 1 amide bonds. The normalized spacial score (nSPS) is 13.2. The molecule has 1 aromatic carbocycles. The van der Waals surface area contributed by atoms with Crippen LogP contribution in [0.15, 0.2) is 42.6 Å². The van der Waals surface area contributed by atoms with Gasteiger partial charge in [-0.1, -0.05) is 12.1 Å². The maximum atomic E-state index is 14.3. The number of benzene rings is 1. The number of aromatic nitrogens is 2. The molecule has 0 aliphatic heterocycles. The zero-order valence-electron chi connectivity index (χ0n) is 15.0. The SMILES string of the molecule is CC(N)C(C)Nc1nc(Nc2ccc3cccnc3c2)c(C(N)=O)cc1F. The smallest absolute Gasteiger partial charge is 0.252 e. The molecule has 8 heteroatoms. The number of rotatable bonds is 6. The van der Waals surface area contributed by atoms with Crippen molar-refractivity contribution in [2.45, 2.75) is 25.9 Å². The van der Waals surface area contributed by atoms with Crippen molar-refractivity contribution in [1.82, 2.24) is 9.97 Å². The molecule has 0 saturated heterocycles. The summed E-state index contributed by atoms with van der Waals surface area (Å²) >= 11 is 0. The summed E-state index contributed by atoms with van der Waals surface area (Å²) in [6.45, 7) is 3.62. The molecular formula is C19H21FN6O. The summed E-state index contributed by atoms with van der Waals surface area (Å²) in [7, 11) is 0. The molecule has 2 atom stereocenters. The van der Waals surface area contributed by atoms with Gasteiger partial charge in [0.15, 0.2) is 11.6 Å². The van der Waals surface area contributed by atoms with Crippen molar-refractivity contribution >= 4 is 34.1 Å². The Bertz CT molecular complexity index is 991. The van der Waals surface area contributed by atoms with Gasteiger partial charge < -0.3 is 22.1 Å².